The van der Waals surface area contributed by atoms with E-state index in [0.29, 0.717) is 6.54 Å². The van der Waals surface area contributed by atoms with Crippen LogP contribution in [-0.4, -0.2) is 62.0 Å². The van der Waals surface area contributed by atoms with Crippen LogP contribution >= 0.6 is 0 Å². The third-order valence-electron chi connectivity index (χ3n) is 3.95. The van der Waals surface area contributed by atoms with Crippen LogP contribution in [0.4, 0.5) is 0 Å². The summed E-state index contributed by atoms with van der Waals surface area (Å²) in [6, 6.07) is 0. The van der Waals surface area contributed by atoms with E-state index in [2.05, 4.69) is 24.1 Å². The predicted molar refractivity (Wildman–Crippen MR) is 80.2 cm³/mol. The maximum absolute atomic E-state index is 11.8. The summed E-state index contributed by atoms with van der Waals surface area (Å²) in [5.41, 5.74) is 0. The second-order valence-corrected chi connectivity index (χ2v) is 6.18. The molecule has 0 aliphatic carbocycles. The minimum Gasteiger partial charge on any atom is -0.345 e. The van der Waals surface area contributed by atoms with Crippen molar-refractivity contribution in [3.05, 3.63) is 0 Å². The van der Waals surface area contributed by atoms with Crippen molar-refractivity contribution in [2.45, 2.75) is 33.6 Å². The van der Waals surface area contributed by atoms with Gasteiger partial charge in [0, 0.05) is 13.6 Å². The van der Waals surface area contributed by atoms with E-state index in [1.807, 2.05) is 14.0 Å². The molecular weight excluding hydrogens is 238 g/mol. The topological polar surface area (TPSA) is 35.6 Å². The van der Waals surface area contributed by atoms with Crippen LogP contribution in [0.1, 0.15) is 33.6 Å². The van der Waals surface area contributed by atoms with Crippen molar-refractivity contribution in [1.82, 2.24) is 15.1 Å². The van der Waals surface area contributed by atoms with Gasteiger partial charge in [-0.1, -0.05) is 13.8 Å². The summed E-state index contributed by atoms with van der Waals surface area (Å²) in [4.78, 5) is 15.9. The number of rotatable bonds is 7. The minimum atomic E-state index is 0.249. The smallest absolute Gasteiger partial charge is 0.236 e. The summed E-state index contributed by atoms with van der Waals surface area (Å²) in [5, 5.41) is 3.54. The Morgan fingerprint density at radius 2 is 2.00 bits per heavy atom. The van der Waals surface area contributed by atoms with Crippen molar-refractivity contribution in [1.29, 1.82) is 0 Å². The van der Waals surface area contributed by atoms with Gasteiger partial charge in [0.25, 0.3) is 0 Å². The summed E-state index contributed by atoms with van der Waals surface area (Å²) in [5.74, 6) is 1.76. The van der Waals surface area contributed by atoms with Crippen LogP contribution < -0.4 is 5.32 Å². The average molecular weight is 269 g/mol. The summed E-state index contributed by atoms with van der Waals surface area (Å²) < 4.78 is 0. The molecule has 1 amide bonds. The maximum Gasteiger partial charge on any atom is 0.236 e. The molecule has 0 saturated carbocycles. The molecule has 4 nitrogen and oxygen atoms in total. The maximum atomic E-state index is 11.8. The Kier molecular flexibility index (Phi) is 7.39. The average Bonchev–Trinajstić information content (AvgIpc) is 2.39. The Balaban J connectivity index is 2.16. The van der Waals surface area contributed by atoms with Gasteiger partial charge in [-0.3, -0.25) is 9.69 Å². The molecule has 1 fully saturated rings. The molecule has 0 bridgehead atoms. The highest BCUT2D eigenvalue weighted by molar-refractivity contribution is 5.77. The SMILES string of the molecule is CCN(C)C(=O)CN1CCC(CNCC(C)C)CC1. The first-order valence-corrected chi connectivity index (χ1v) is 7.70. The molecule has 0 radical (unpaired) electrons. The number of nitrogens with zero attached hydrogens (tertiary/aromatic N) is 2. The molecule has 1 N–H and O–H groups in total. The zero-order valence-corrected chi connectivity index (χ0v) is 13.1. The second-order valence-electron chi connectivity index (χ2n) is 6.18. The molecule has 1 rings (SSSR count). The van der Waals surface area contributed by atoms with Gasteiger partial charge in [-0.2, -0.15) is 0 Å². The molecule has 0 spiro atoms. The molecule has 0 unspecified atom stereocenters. The van der Waals surface area contributed by atoms with Gasteiger partial charge >= 0.3 is 0 Å². The molecule has 1 aliphatic rings. The van der Waals surface area contributed by atoms with Crippen molar-refractivity contribution < 1.29 is 4.79 Å². The van der Waals surface area contributed by atoms with Gasteiger partial charge in [0.1, 0.15) is 0 Å². The van der Waals surface area contributed by atoms with E-state index >= 15 is 0 Å². The Morgan fingerprint density at radius 1 is 1.37 bits per heavy atom. The van der Waals surface area contributed by atoms with Crippen LogP contribution in [0.25, 0.3) is 0 Å². The first-order valence-electron chi connectivity index (χ1n) is 7.70. The normalized spacial score (nSPS) is 17.9. The number of likely N-dealkylation sites (N-methyl/N-ethyl adjacent to an activating group) is 1. The number of likely N-dealkylation sites (tertiary alicyclic amines) is 1. The number of amides is 1. The van der Waals surface area contributed by atoms with Crippen molar-refractivity contribution in [3.8, 4) is 0 Å². The van der Waals surface area contributed by atoms with Crippen molar-refractivity contribution in [2.75, 3.05) is 46.3 Å². The highest BCUT2D eigenvalue weighted by Crippen LogP contribution is 2.16. The third-order valence-corrected chi connectivity index (χ3v) is 3.95. The zero-order chi connectivity index (χ0) is 14.3. The summed E-state index contributed by atoms with van der Waals surface area (Å²) >= 11 is 0. The monoisotopic (exact) mass is 269 g/mol. The lowest BCUT2D eigenvalue weighted by molar-refractivity contribution is -0.131. The molecule has 0 atom stereocenters. The van der Waals surface area contributed by atoms with Gasteiger partial charge in [-0.05, 0) is 57.8 Å². The van der Waals surface area contributed by atoms with Crippen molar-refractivity contribution >= 4 is 5.91 Å². The lowest BCUT2D eigenvalue weighted by Crippen LogP contribution is -2.43. The number of hydrogen-bond donors (Lipinski definition) is 1. The van der Waals surface area contributed by atoms with Crippen LogP contribution in [-0.2, 0) is 4.79 Å². The standard InChI is InChI=1S/C15H31N3O/c1-5-17(4)15(19)12-18-8-6-14(7-9-18)11-16-10-13(2)3/h13-14,16H,5-12H2,1-4H3. The van der Waals surface area contributed by atoms with E-state index in [1.54, 1.807) is 4.90 Å². The van der Waals surface area contributed by atoms with Crippen LogP contribution in [0.5, 0.6) is 0 Å². The Labute approximate surface area is 118 Å². The predicted octanol–water partition coefficient (Wildman–Crippen LogP) is 1.42. The van der Waals surface area contributed by atoms with Gasteiger partial charge in [0.15, 0.2) is 0 Å². The lowest BCUT2D eigenvalue weighted by Gasteiger charge is -2.32. The van der Waals surface area contributed by atoms with E-state index in [4.69, 9.17) is 0 Å². The number of carbonyl (C=O) groups is 1. The van der Waals surface area contributed by atoms with Crippen LogP contribution in [0.15, 0.2) is 0 Å². The van der Waals surface area contributed by atoms with E-state index < -0.39 is 0 Å². The second kappa shape index (κ2) is 8.54. The molecule has 112 valence electrons. The van der Waals surface area contributed by atoms with E-state index in [1.165, 1.54) is 12.8 Å². The molecule has 0 aromatic rings. The molecule has 4 heteroatoms. The Morgan fingerprint density at radius 3 is 2.53 bits per heavy atom. The van der Waals surface area contributed by atoms with E-state index in [9.17, 15) is 4.79 Å². The fraction of sp³-hybridized carbons (Fsp3) is 0.933. The number of nitrogens with one attached hydrogen (secondary N) is 1. The van der Waals surface area contributed by atoms with Crippen LogP contribution in [0, 0.1) is 11.8 Å². The third kappa shape index (κ3) is 6.39. The number of carbonyl (C=O) groups excluding carboxylic acids is 1. The number of piperidine rings is 1. The van der Waals surface area contributed by atoms with E-state index in [0.717, 1.165) is 44.6 Å². The molecule has 19 heavy (non-hydrogen) atoms. The van der Waals surface area contributed by atoms with Crippen LogP contribution in [0.2, 0.25) is 0 Å². The first-order chi connectivity index (χ1) is 9.02. The quantitative estimate of drug-likeness (QED) is 0.759. The van der Waals surface area contributed by atoms with Gasteiger partial charge in [0.05, 0.1) is 6.54 Å². The first kappa shape index (κ1) is 16.4. The fourth-order valence-corrected chi connectivity index (χ4v) is 2.41. The molecule has 1 heterocycles. The van der Waals surface area contributed by atoms with Crippen molar-refractivity contribution in [3.63, 3.8) is 0 Å². The zero-order valence-electron chi connectivity index (χ0n) is 13.1. The Hall–Kier alpha value is -0.610. The van der Waals surface area contributed by atoms with Crippen LogP contribution in [0.3, 0.4) is 0 Å². The largest absolute Gasteiger partial charge is 0.345 e. The molecule has 1 saturated heterocycles. The summed E-state index contributed by atoms with van der Waals surface area (Å²) in [7, 11) is 1.88. The van der Waals surface area contributed by atoms with Gasteiger partial charge in [-0.25, -0.2) is 0 Å². The highest BCUT2D eigenvalue weighted by atomic mass is 16.2. The van der Waals surface area contributed by atoms with Gasteiger partial charge < -0.3 is 10.2 Å². The van der Waals surface area contributed by atoms with Gasteiger partial charge in [0.2, 0.25) is 5.91 Å². The number of hydrogen-bond acceptors (Lipinski definition) is 3. The molecule has 0 aromatic heterocycles. The fourth-order valence-electron chi connectivity index (χ4n) is 2.41. The molecular formula is C15H31N3O. The van der Waals surface area contributed by atoms with Crippen molar-refractivity contribution in [2.24, 2.45) is 11.8 Å². The molecule has 1 aliphatic heterocycles. The van der Waals surface area contributed by atoms with Gasteiger partial charge in [-0.15, -0.1) is 0 Å². The minimum absolute atomic E-state index is 0.249. The Bertz CT molecular complexity index is 260. The summed E-state index contributed by atoms with van der Waals surface area (Å²) in [6.45, 7) is 12.3. The highest BCUT2D eigenvalue weighted by Gasteiger charge is 2.21. The summed E-state index contributed by atoms with van der Waals surface area (Å²) in [6.07, 6.45) is 2.43. The van der Waals surface area contributed by atoms with E-state index in [-0.39, 0.29) is 5.91 Å². The lowest BCUT2D eigenvalue weighted by atomic mass is 9.96. The molecule has 0 aromatic carbocycles.